The molecule has 2 rings (SSSR count). The van der Waals surface area contributed by atoms with E-state index in [0.29, 0.717) is 26.2 Å². The van der Waals surface area contributed by atoms with Gasteiger partial charge in [0.25, 0.3) is 5.91 Å². The number of fused-ring (bicyclic) bond motifs is 1. The average Bonchev–Trinajstić information content (AvgIpc) is 2.43. The molecule has 1 heterocycles. The van der Waals surface area contributed by atoms with Gasteiger partial charge in [0.2, 0.25) is 0 Å². The van der Waals surface area contributed by atoms with Gasteiger partial charge in [-0.05, 0) is 31.0 Å². The van der Waals surface area contributed by atoms with Crippen LogP contribution < -0.4 is 9.47 Å². The summed E-state index contributed by atoms with van der Waals surface area (Å²) < 4.78 is 11.0. The zero-order chi connectivity index (χ0) is 13.8. The summed E-state index contributed by atoms with van der Waals surface area (Å²) in [6.45, 7) is 3.18. The van der Waals surface area contributed by atoms with Crippen molar-refractivity contribution in [1.29, 1.82) is 0 Å². The van der Waals surface area contributed by atoms with Crippen LogP contribution >= 0.6 is 0 Å². The molecule has 1 amide bonds. The predicted molar refractivity (Wildman–Crippen MR) is 70.5 cm³/mol. The van der Waals surface area contributed by atoms with Crippen LogP contribution in [0.4, 0.5) is 0 Å². The molecule has 0 aromatic heterocycles. The summed E-state index contributed by atoms with van der Waals surface area (Å²) in [7, 11) is 1.69. The number of amides is 1. The molecule has 19 heavy (non-hydrogen) atoms. The quantitative estimate of drug-likeness (QED) is 0.876. The molecule has 0 bridgehead atoms. The molecule has 0 aliphatic carbocycles. The number of hydrogen-bond acceptors (Lipinski definition) is 4. The zero-order valence-electron chi connectivity index (χ0n) is 11.3. The maximum Gasteiger partial charge on any atom is 0.250 e. The first kappa shape index (κ1) is 13.7. The Labute approximate surface area is 112 Å². The van der Waals surface area contributed by atoms with Gasteiger partial charge in [-0.15, -0.1) is 0 Å². The van der Waals surface area contributed by atoms with Gasteiger partial charge in [-0.25, -0.2) is 0 Å². The number of hydrogen-bond donors (Lipinski definition) is 1. The van der Waals surface area contributed by atoms with Gasteiger partial charge in [0.1, 0.15) is 19.3 Å². The first-order valence-electron chi connectivity index (χ1n) is 6.39. The Morgan fingerprint density at radius 1 is 1.37 bits per heavy atom. The Kier molecular flexibility index (Phi) is 4.27. The van der Waals surface area contributed by atoms with E-state index in [0.717, 1.165) is 17.1 Å². The van der Waals surface area contributed by atoms with E-state index in [9.17, 15) is 9.90 Å². The van der Waals surface area contributed by atoms with Crippen molar-refractivity contribution in [3.05, 3.63) is 23.8 Å². The number of ether oxygens (including phenoxy) is 2. The predicted octanol–water partition coefficient (Wildman–Crippen LogP) is 0.839. The third-order valence-electron chi connectivity index (χ3n) is 3.08. The molecule has 5 nitrogen and oxygen atoms in total. The lowest BCUT2D eigenvalue weighted by atomic mass is 10.1. The molecule has 1 unspecified atom stereocenters. The number of rotatable bonds is 4. The Bertz CT molecular complexity index is 459. The number of carbonyl (C=O) groups excluding carboxylic acids is 1. The molecule has 1 aromatic carbocycles. The normalized spacial score (nSPS) is 14.9. The van der Waals surface area contributed by atoms with Crippen molar-refractivity contribution < 1.29 is 19.4 Å². The van der Waals surface area contributed by atoms with Crippen LogP contribution in [0.25, 0.3) is 0 Å². The molecule has 104 valence electrons. The molecule has 1 N–H and O–H groups in total. The SMILES string of the molecule is CC(O)C(=O)N(C)CCc1ccc2c(c1)OCCO2. The lowest BCUT2D eigenvalue weighted by Crippen LogP contribution is -2.35. The van der Waals surface area contributed by atoms with Crippen LogP contribution in [0.3, 0.4) is 0 Å². The summed E-state index contributed by atoms with van der Waals surface area (Å²) in [6, 6.07) is 5.80. The first-order valence-corrected chi connectivity index (χ1v) is 6.39. The van der Waals surface area contributed by atoms with Gasteiger partial charge < -0.3 is 19.5 Å². The Hall–Kier alpha value is -1.75. The maximum absolute atomic E-state index is 11.5. The van der Waals surface area contributed by atoms with E-state index in [-0.39, 0.29) is 5.91 Å². The standard InChI is InChI=1S/C14H19NO4/c1-10(16)14(17)15(2)6-5-11-3-4-12-13(9-11)19-8-7-18-12/h3-4,9-10,16H,5-8H2,1-2H3. The minimum atomic E-state index is -0.953. The number of benzene rings is 1. The second-order valence-corrected chi connectivity index (χ2v) is 4.66. The van der Waals surface area contributed by atoms with Gasteiger partial charge in [-0.2, -0.15) is 0 Å². The monoisotopic (exact) mass is 265 g/mol. The first-order chi connectivity index (χ1) is 9.08. The van der Waals surface area contributed by atoms with E-state index in [4.69, 9.17) is 9.47 Å². The Morgan fingerprint density at radius 3 is 2.74 bits per heavy atom. The van der Waals surface area contributed by atoms with Crippen molar-refractivity contribution in [2.75, 3.05) is 26.8 Å². The van der Waals surface area contributed by atoms with Gasteiger partial charge in [-0.1, -0.05) is 6.07 Å². The second kappa shape index (κ2) is 5.93. The number of nitrogens with zero attached hydrogens (tertiary/aromatic N) is 1. The number of likely N-dealkylation sites (N-methyl/N-ethyl adjacent to an activating group) is 1. The van der Waals surface area contributed by atoms with Crippen molar-refractivity contribution in [1.82, 2.24) is 4.90 Å². The fraction of sp³-hybridized carbons (Fsp3) is 0.500. The molecule has 1 aliphatic rings. The van der Waals surface area contributed by atoms with Gasteiger partial charge in [0.15, 0.2) is 11.5 Å². The highest BCUT2D eigenvalue weighted by atomic mass is 16.6. The smallest absolute Gasteiger partial charge is 0.250 e. The van der Waals surface area contributed by atoms with E-state index in [2.05, 4.69) is 0 Å². The minimum Gasteiger partial charge on any atom is -0.486 e. The van der Waals surface area contributed by atoms with Crippen LogP contribution in [0, 0.1) is 0 Å². The lowest BCUT2D eigenvalue weighted by Gasteiger charge is -2.21. The molecule has 0 saturated heterocycles. The van der Waals surface area contributed by atoms with Gasteiger partial charge in [0, 0.05) is 13.6 Å². The second-order valence-electron chi connectivity index (χ2n) is 4.66. The molecule has 0 radical (unpaired) electrons. The van der Waals surface area contributed by atoms with Crippen LogP contribution in [0.15, 0.2) is 18.2 Å². The fourth-order valence-corrected chi connectivity index (χ4v) is 1.97. The fourth-order valence-electron chi connectivity index (χ4n) is 1.97. The third-order valence-corrected chi connectivity index (χ3v) is 3.08. The summed E-state index contributed by atoms with van der Waals surface area (Å²) in [5, 5.41) is 9.22. The van der Waals surface area contributed by atoms with Gasteiger partial charge in [-0.3, -0.25) is 4.79 Å². The molecule has 0 fully saturated rings. The minimum absolute atomic E-state index is 0.266. The van der Waals surface area contributed by atoms with E-state index < -0.39 is 6.10 Å². The van der Waals surface area contributed by atoms with E-state index in [1.54, 1.807) is 7.05 Å². The van der Waals surface area contributed by atoms with Crippen molar-refractivity contribution in [2.45, 2.75) is 19.4 Å². The van der Waals surface area contributed by atoms with Crippen molar-refractivity contribution >= 4 is 5.91 Å². The Morgan fingerprint density at radius 2 is 2.05 bits per heavy atom. The van der Waals surface area contributed by atoms with Crippen LogP contribution in [-0.4, -0.2) is 48.8 Å². The van der Waals surface area contributed by atoms with Crippen LogP contribution in [-0.2, 0) is 11.2 Å². The highest BCUT2D eigenvalue weighted by Gasteiger charge is 2.15. The summed E-state index contributed by atoms with van der Waals surface area (Å²) >= 11 is 0. The zero-order valence-corrected chi connectivity index (χ0v) is 11.3. The van der Waals surface area contributed by atoms with Crippen molar-refractivity contribution in [2.24, 2.45) is 0 Å². The molecule has 5 heteroatoms. The number of carbonyl (C=O) groups is 1. The lowest BCUT2D eigenvalue weighted by molar-refractivity contribution is -0.137. The van der Waals surface area contributed by atoms with Crippen LogP contribution in [0.5, 0.6) is 11.5 Å². The highest BCUT2D eigenvalue weighted by molar-refractivity contribution is 5.79. The largest absolute Gasteiger partial charge is 0.486 e. The highest BCUT2D eigenvalue weighted by Crippen LogP contribution is 2.30. The van der Waals surface area contributed by atoms with Gasteiger partial charge >= 0.3 is 0 Å². The molecular formula is C14H19NO4. The summed E-state index contributed by atoms with van der Waals surface area (Å²) in [5.41, 5.74) is 1.08. The molecule has 1 aromatic rings. The van der Waals surface area contributed by atoms with E-state index in [1.165, 1.54) is 11.8 Å². The maximum atomic E-state index is 11.5. The van der Waals surface area contributed by atoms with E-state index >= 15 is 0 Å². The molecular weight excluding hydrogens is 246 g/mol. The van der Waals surface area contributed by atoms with Crippen molar-refractivity contribution in [3.63, 3.8) is 0 Å². The molecule has 0 saturated carbocycles. The summed E-state index contributed by atoms with van der Waals surface area (Å²) in [4.78, 5) is 13.1. The summed E-state index contributed by atoms with van der Waals surface area (Å²) in [6.07, 6.45) is -0.240. The molecule has 1 atom stereocenters. The third kappa shape index (κ3) is 3.38. The number of aliphatic hydroxyl groups excluding tert-OH is 1. The molecule has 0 spiro atoms. The van der Waals surface area contributed by atoms with E-state index in [1.807, 2.05) is 18.2 Å². The van der Waals surface area contributed by atoms with Crippen LogP contribution in [0.2, 0.25) is 0 Å². The van der Waals surface area contributed by atoms with Crippen molar-refractivity contribution in [3.8, 4) is 11.5 Å². The summed E-state index contributed by atoms with van der Waals surface area (Å²) in [5.74, 6) is 1.26. The average molecular weight is 265 g/mol. The Balaban J connectivity index is 1.94. The van der Waals surface area contributed by atoms with Gasteiger partial charge in [0.05, 0.1) is 0 Å². The van der Waals surface area contributed by atoms with Crippen LogP contribution in [0.1, 0.15) is 12.5 Å². The topological polar surface area (TPSA) is 59.0 Å². The molecule has 1 aliphatic heterocycles. The number of aliphatic hydroxyl groups is 1.